The van der Waals surface area contributed by atoms with E-state index in [2.05, 4.69) is 0 Å². The molecule has 1 unspecified atom stereocenters. The molecular formula is C9H15O4-. The Hall–Kier alpha value is -0.900. The van der Waals surface area contributed by atoms with Crippen LogP contribution in [0.2, 0.25) is 0 Å². The second-order valence-corrected chi connectivity index (χ2v) is 3.06. The Labute approximate surface area is 77.6 Å². The molecule has 0 aliphatic rings. The Kier molecular flexibility index (Phi) is 5.30. The Morgan fingerprint density at radius 2 is 1.77 bits per heavy atom. The van der Waals surface area contributed by atoms with Gasteiger partial charge in [0.2, 0.25) is 0 Å². The number of carbonyl (C=O) groups excluding carboxylic acids is 2. The first-order valence-corrected chi connectivity index (χ1v) is 4.45. The largest absolute Gasteiger partial charge is 0.542 e. The highest BCUT2D eigenvalue weighted by atomic mass is 16.4. The smallest absolute Gasteiger partial charge is 0.180 e. The summed E-state index contributed by atoms with van der Waals surface area (Å²) in [7, 11) is 0. The summed E-state index contributed by atoms with van der Waals surface area (Å²) in [4.78, 5) is 20.7. The van der Waals surface area contributed by atoms with Crippen LogP contribution in [-0.4, -0.2) is 23.0 Å². The molecule has 0 saturated carbocycles. The first kappa shape index (κ1) is 12.1. The van der Waals surface area contributed by atoms with Gasteiger partial charge in [0, 0.05) is 6.42 Å². The Morgan fingerprint density at radius 1 is 1.31 bits per heavy atom. The molecule has 0 aromatic heterocycles. The summed E-state index contributed by atoms with van der Waals surface area (Å²) in [6.07, 6.45) is 0.269. The maximum atomic E-state index is 10.7. The monoisotopic (exact) mass is 187 g/mol. The first-order valence-electron chi connectivity index (χ1n) is 4.45. The predicted molar refractivity (Wildman–Crippen MR) is 44.7 cm³/mol. The molecule has 0 radical (unpaired) electrons. The fourth-order valence-corrected chi connectivity index (χ4v) is 1.27. The Bertz CT molecular complexity index is 184. The van der Waals surface area contributed by atoms with E-state index in [0.29, 0.717) is 0 Å². The van der Waals surface area contributed by atoms with Crippen LogP contribution in [0.15, 0.2) is 0 Å². The summed E-state index contributed by atoms with van der Waals surface area (Å²) in [5, 5.41) is 19.5. The van der Waals surface area contributed by atoms with E-state index in [-0.39, 0.29) is 12.3 Å². The van der Waals surface area contributed by atoms with Crippen LogP contribution in [0, 0.1) is 5.92 Å². The van der Waals surface area contributed by atoms with Gasteiger partial charge in [-0.05, 0) is 5.92 Å². The van der Waals surface area contributed by atoms with Gasteiger partial charge in [-0.25, -0.2) is 0 Å². The van der Waals surface area contributed by atoms with Crippen LogP contribution in [0.1, 0.15) is 33.1 Å². The third-order valence-corrected chi connectivity index (χ3v) is 2.22. The van der Waals surface area contributed by atoms with Crippen LogP contribution in [0.25, 0.3) is 0 Å². The van der Waals surface area contributed by atoms with Gasteiger partial charge in [-0.2, -0.15) is 0 Å². The zero-order valence-corrected chi connectivity index (χ0v) is 7.95. The molecule has 76 valence electrons. The molecular weight excluding hydrogens is 172 g/mol. The number of aliphatic hydroxyl groups is 1. The van der Waals surface area contributed by atoms with Crippen molar-refractivity contribution < 1.29 is 19.8 Å². The van der Waals surface area contributed by atoms with Gasteiger partial charge in [0.25, 0.3) is 0 Å². The van der Waals surface area contributed by atoms with Gasteiger partial charge in [-0.1, -0.05) is 26.7 Å². The van der Waals surface area contributed by atoms with Crippen molar-refractivity contribution in [1.82, 2.24) is 0 Å². The van der Waals surface area contributed by atoms with Crippen molar-refractivity contribution in [2.24, 2.45) is 5.92 Å². The van der Waals surface area contributed by atoms with Crippen LogP contribution in [-0.2, 0) is 9.59 Å². The molecule has 0 amide bonds. The van der Waals surface area contributed by atoms with Crippen molar-refractivity contribution in [3.63, 3.8) is 0 Å². The third-order valence-electron chi connectivity index (χ3n) is 2.22. The number of carboxylic acid groups (broad SMARTS) is 1. The molecule has 4 heteroatoms. The fraction of sp³-hybridized carbons (Fsp3) is 0.778. The number of hydrogen-bond acceptors (Lipinski definition) is 4. The highest BCUT2D eigenvalue weighted by Crippen LogP contribution is 2.15. The number of aliphatic hydroxyl groups excluding tert-OH is 1. The normalized spacial score (nSPS) is 12.9. The minimum absolute atomic E-state index is 0.0108. The molecule has 0 rings (SSSR count). The van der Waals surface area contributed by atoms with Gasteiger partial charge in [0.15, 0.2) is 5.78 Å². The van der Waals surface area contributed by atoms with Crippen molar-refractivity contribution in [3.8, 4) is 0 Å². The lowest BCUT2D eigenvalue weighted by Gasteiger charge is -2.19. The molecule has 0 aromatic carbocycles. The maximum absolute atomic E-state index is 10.7. The quantitative estimate of drug-likeness (QED) is 0.568. The van der Waals surface area contributed by atoms with Crippen LogP contribution < -0.4 is 5.11 Å². The van der Waals surface area contributed by atoms with E-state index in [1.807, 2.05) is 13.8 Å². The highest BCUT2D eigenvalue weighted by molar-refractivity contribution is 6.31. The third kappa shape index (κ3) is 4.03. The first-order chi connectivity index (χ1) is 6.02. The lowest BCUT2D eigenvalue weighted by atomic mass is 9.93. The molecule has 13 heavy (non-hydrogen) atoms. The van der Waals surface area contributed by atoms with Crippen LogP contribution in [0.3, 0.4) is 0 Å². The average molecular weight is 187 g/mol. The average Bonchev–Trinajstić information content (AvgIpc) is 2.06. The molecule has 0 aliphatic carbocycles. The molecule has 0 aliphatic heterocycles. The van der Waals surface area contributed by atoms with Crippen molar-refractivity contribution in [3.05, 3.63) is 0 Å². The molecule has 1 atom stereocenters. The minimum atomic E-state index is -1.72. The highest BCUT2D eigenvalue weighted by Gasteiger charge is 2.18. The summed E-state index contributed by atoms with van der Waals surface area (Å²) in [6.45, 7) is 3.78. The van der Waals surface area contributed by atoms with Crippen molar-refractivity contribution in [2.75, 3.05) is 0 Å². The topological polar surface area (TPSA) is 77.4 Å². The van der Waals surface area contributed by atoms with Crippen molar-refractivity contribution in [1.29, 1.82) is 0 Å². The molecule has 0 fully saturated rings. The lowest BCUT2D eigenvalue weighted by molar-refractivity contribution is -0.300. The molecule has 0 heterocycles. The van der Waals surface area contributed by atoms with Crippen LogP contribution in [0.5, 0.6) is 0 Å². The zero-order chi connectivity index (χ0) is 10.4. The van der Waals surface area contributed by atoms with Gasteiger partial charge in [-0.15, -0.1) is 0 Å². The number of carbonyl (C=O) groups is 2. The molecule has 0 saturated heterocycles. The number of ketones is 1. The number of hydrogen-bond donors (Lipinski definition) is 1. The number of Topliss-reactive ketones (excluding diaryl/α,β-unsaturated/α-hetero) is 1. The molecule has 4 nitrogen and oxygen atoms in total. The molecule has 1 N–H and O–H groups in total. The van der Waals surface area contributed by atoms with E-state index in [4.69, 9.17) is 0 Å². The number of carboxylic acids is 1. The van der Waals surface area contributed by atoms with E-state index in [1.165, 1.54) is 0 Å². The SMILES string of the molecule is CCC(CC)C(O)CC(=O)C(=O)[O-]. The van der Waals surface area contributed by atoms with Crippen LogP contribution in [0.4, 0.5) is 0 Å². The lowest BCUT2D eigenvalue weighted by Crippen LogP contribution is -2.35. The Balaban J connectivity index is 4.04. The van der Waals surface area contributed by atoms with E-state index < -0.39 is 17.9 Å². The van der Waals surface area contributed by atoms with Gasteiger partial charge in [-0.3, -0.25) is 4.79 Å². The molecule has 0 bridgehead atoms. The molecule has 0 aromatic rings. The zero-order valence-electron chi connectivity index (χ0n) is 7.95. The molecule has 0 spiro atoms. The minimum Gasteiger partial charge on any atom is -0.542 e. The second-order valence-electron chi connectivity index (χ2n) is 3.06. The maximum Gasteiger partial charge on any atom is 0.180 e. The summed E-state index contributed by atoms with van der Waals surface area (Å²) >= 11 is 0. The van der Waals surface area contributed by atoms with E-state index in [0.717, 1.165) is 12.8 Å². The van der Waals surface area contributed by atoms with E-state index >= 15 is 0 Å². The van der Waals surface area contributed by atoms with Gasteiger partial charge >= 0.3 is 0 Å². The Morgan fingerprint density at radius 3 is 2.08 bits per heavy atom. The fourth-order valence-electron chi connectivity index (χ4n) is 1.27. The van der Waals surface area contributed by atoms with Gasteiger partial charge in [0.05, 0.1) is 6.10 Å². The standard InChI is InChI=1S/C9H16O4/c1-3-6(4-2)7(10)5-8(11)9(12)13/h6-7,10H,3-5H2,1-2H3,(H,12,13)/p-1. The summed E-state index contributed by atoms with van der Waals surface area (Å²) in [5.74, 6) is -2.76. The van der Waals surface area contributed by atoms with E-state index in [1.54, 1.807) is 0 Å². The predicted octanol–water partition coefficient (Wildman–Crippen LogP) is -0.507. The summed E-state index contributed by atoms with van der Waals surface area (Å²) in [6, 6.07) is 0. The van der Waals surface area contributed by atoms with E-state index in [9.17, 15) is 19.8 Å². The van der Waals surface area contributed by atoms with Crippen molar-refractivity contribution >= 4 is 11.8 Å². The van der Waals surface area contributed by atoms with Crippen LogP contribution >= 0.6 is 0 Å². The van der Waals surface area contributed by atoms with Gasteiger partial charge in [0.1, 0.15) is 5.97 Å². The summed E-state index contributed by atoms with van der Waals surface area (Å²) in [5.41, 5.74) is 0. The van der Waals surface area contributed by atoms with Crippen molar-refractivity contribution in [2.45, 2.75) is 39.2 Å². The summed E-state index contributed by atoms with van der Waals surface area (Å²) < 4.78 is 0. The number of aliphatic carboxylic acids is 1. The van der Waals surface area contributed by atoms with Gasteiger partial charge < -0.3 is 15.0 Å². The second kappa shape index (κ2) is 5.70. The number of rotatable bonds is 6.